The smallest absolute Gasteiger partial charge is 0.416 e. The summed E-state index contributed by atoms with van der Waals surface area (Å²) in [5.41, 5.74) is -0.310. The molecule has 0 aromatic heterocycles. The molecule has 2 rings (SSSR count). The van der Waals surface area contributed by atoms with Gasteiger partial charge in [0.25, 0.3) is 0 Å². The highest BCUT2D eigenvalue weighted by Crippen LogP contribution is 2.32. The van der Waals surface area contributed by atoms with Crippen molar-refractivity contribution >= 4 is 11.9 Å². The van der Waals surface area contributed by atoms with Gasteiger partial charge >= 0.3 is 12.1 Å². The Morgan fingerprint density at radius 2 is 2.00 bits per heavy atom. The predicted octanol–water partition coefficient (Wildman–Crippen LogP) is 3.02. The van der Waals surface area contributed by atoms with Gasteiger partial charge in [-0.15, -0.1) is 0 Å². The zero-order chi connectivity index (χ0) is 17.0. The Kier molecular flexibility index (Phi) is 5.28. The normalized spacial score (nSPS) is 19.3. The second kappa shape index (κ2) is 7.02. The van der Waals surface area contributed by atoms with Crippen LogP contribution in [0.5, 0.6) is 0 Å². The molecule has 0 saturated carbocycles. The lowest BCUT2D eigenvalue weighted by Gasteiger charge is -2.20. The van der Waals surface area contributed by atoms with Gasteiger partial charge in [0.05, 0.1) is 18.1 Å². The van der Waals surface area contributed by atoms with Crippen LogP contribution in [0.1, 0.15) is 43.2 Å². The summed E-state index contributed by atoms with van der Waals surface area (Å²) < 4.78 is 42.9. The Labute approximate surface area is 132 Å². The molecule has 23 heavy (non-hydrogen) atoms. The van der Waals surface area contributed by atoms with E-state index in [9.17, 15) is 22.8 Å². The van der Waals surface area contributed by atoms with Crippen LogP contribution >= 0.6 is 0 Å². The standard InChI is InChI=1S/C16H18F3NO3/c1-2-23-15(22)13(9-12-7-8-14(21)20-12)10-3-5-11(6-4-10)16(17,18)19/h3-6,12-13H,2,7-9H2,1H3,(H,20,21). The van der Waals surface area contributed by atoms with Gasteiger partial charge in [0.1, 0.15) is 0 Å². The molecule has 4 nitrogen and oxygen atoms in total. The number of amides is 1. The molecule has 1 aliphatic heterocycles. The number of halogens is 3. The number of nitrogens with one attached hydrogen (secondary N) is 1. The quantitative estimate of drug-likeness (QED) is 0.845. The van der Waals surface area contributed by atoms with E-state index in [1.807, 2.05) is 0 Å². The average molecular weight is 329 g/mol. The van der Waals surface area contributed by atoms with Gasteiger partial charge in [-0.1, -0.05) is 12.1 Å². The summed E-state index contributed by atoms with van der Waals surface area (Å²) in [6.07, 6.45) is -3.10. The predicted molar refractivity (Wildman–Crippen MR) is 76.6 cm³/mol. The molecule has 0 aliphatic carbocycles. The molecule has 7 heteroatoms. The molecule has 1 aromatic rings. The number of esters is 1. The van der Waals surface area contributed by atoms with Crippen molar-refractivity contribution in [1.82, 2.24) is 5.32 Å². The van der Waals surface area contributed by atoms with Crippen molar-refractivity contribution in [1.29, 1.82) is 0 Å². The van der Waals surface area contributed by atoms with Crippen LogP contribution in [0.4, 0.5) is 13.2 Å². The lowest BCUT2D eigenvalue weighted by Crippen LogP contribution is -2.30. The highest BCUT2D eigenvalue weighted by molar-refractivity contribution is 5.80. The highest BCUT2D eigenvalue weighted by atomic mass is 19.4. The molecule has 0 spiro atoms. The number of benzene rings is 1. The fourth-order valence-electron chi connectivity index (χ4n) is 2.65. The van der Waals surface area contributed by atoms with Gasteiger partial charge in [-0.25, -0.2) is 0 Å². The summed E-state index contributed by atoms with van der Waals surface area (Å²) in [6, 6.07) is 4.32. The van der Waals surface area contributed by atoms with Crippen LogP contribution < -0.4 is 5.32 Å². The Morgan fingerprint density at radius 3 is 2.48 bits per heavy atom. The lowest BCUT2D eigenvalue weighted by atomic mass is 9.91. The zero-order valence-corrected chi connectivity index (χ0v) is 12.7. The zero-order valence-electron chi connectivity index (χ0n) is 12.7. The van der Waals surface area contributed by atoms with Crippen molar-refractivity contribution in [3.8, 4) is 0 Å². The van der Waals surface area contributed by atoms with Crippen molar-refractivity contribution in [2.45, 2.75) is 44.3 Å². The number of carbonyl (C=O) groups excluding carboxylic acids is 2. The number of carbonyl (C=O) groups is 2. The molecule has 1 saturated heterocycles. The lowest BCUT2D eigenvalue weighted by molar-refractivity contribution is -0.145. The van der Waals surface area contributed by atoms with Crippen LogP contribution in [-0.4, -0.2) is 24.5 Å². The van der Waals surface area contributed by atoms with Gasteiger partial charge in [-0.2, -0.15) is 13.2 Å². The van der Waals surface area contributed by atoms with E-state index in [-0.39, 0.29) is 18.6 Å². The molecule has 2 unspecified atom stereocenters. The minimum absolute atomic E-state index is 0.0787. The van der Waals surface area contributed by atoms with E-state index >= 15 is 0 Å². The highest BCUT2D eigenvalue weighted by Gasteiger charge is 2.32. The Balaban J connectivity index is 2.19. The maximum atomic E-state index is 12.6. The molecule has 0 radical (unpaired) electrons. The minimum Gasteiger partial charge on any atom is -0.466 e. The second-order valence-corrected chi connectivity index (χ2v) is 5.46. The molecule has 2 atom stereocenters. The summed E-state index contributed by atoms with van der Waals surface area (Å²) in [4.78, 5) is 23.4. The van der Waals surface area contributed by atoms with Crippen LogP contribution in [-0.2, 0) is 20.5 Å². The summed E-state index contributed by atoms with van der Waals surface area (Å²) in [7, 11) is 0. The van der Waals surface area contributed by atoms with E-state index in [1.54, 1.807) is 6.92 Å². The largest absolute Gasteiger partial charge is 0.466 e. The van der Waals surface area contributed by atoms with E-state index in [4.69, 9.17) is 4.74 Å². The molecule has 0 bridgehead atoms. The fourth-order valence-corrected chi connectivity index (χ4v) is 2.65. The SMILES string of the molecule is CCOC(=O)C(CC1CCC(=O)N1)c1ccc(C(F)(F)F)cc1. The summed E-state index contributed by atoms with van der Waals surface area (Å²) >= 11 is 0. The number of ether oxygens (including phenoxy) is 1. The monoisotopic (exact) mass is 329 g/mol. The van der Waals surface area contributed by atoms with Crippen LogP contribution in [0.15, 0.2) is 24.3 Å². The van der Waals surface area contributed by atoms with Crippen molar-refractivity contribution in [3.05, 3.63) is 35.4 Å². The van der Waals surface area contributed by atoms with Gasteiger partial charge in [-0.3, -0.25) is 9.59 Å². The van der Waals surface area contributed by atoms with Crippen LogP contribution in [0.3, 0.4) is 0 Å². The number of hydrogen-bond donors (Lipinski definition) is 1. The summed E-state index contributed by atoms with van der Waals surface area (Å²) in [5.74, 6) is -1.26. The van der Waals surface area contributed by atoms with Crippen LogP contribution in [0, 0.1) is 0 Å². The molecule has 1 amide bonds. The average Bonchev–Trinajstić information content (AvgIpc) is 2.89. The third kappa shape index (κ3) is 4.46. The van der Waals surface area contributed by atoms with Crippen molar-refractivity contribution in [3.63, 3.8) is 0 Å². The third-order valence-electron chi connectivity index (χ3n) is 3.82. The first-order valence-corrected chi connectivity index (χ1v) is 7.44. The second-order valence-electron chi connectivity index (χ2n) is 5.46. The summed E-state index contributed by atoms with van der Waals surface area (Å²) in [5, 5.41) is 2.76. The Bertz CT molecular complexity index is 569. The van der Waals surface area contributed by atoms with Crippen molar-refractivity contribution in [2.75, 3.05) is 6.61 Å². The van der Waals surface area contributed by atoms with Gasteiger partial charge in [0.2, 0.25) is 5.91 Å². The summed E-state index contributed by atoms with van der Waals surface area (Å²) in [6.45, 7) is 1.85. The van der Waals surface area contributed by atoms with E-state index in [0.29, 0.717) is 24.8 Å². The van der Waals surface area contributed by atoms with Gasteiger partial charge in [-0.05, 0) is 37.5 Å². The first-order chi connectivity index (χ1) is 10.8. The van der Waals surface area contributed by atoms with Crippen molar-refractivity contribution < 1.29 is 27.5 Å². The Morgan fingerprint density at radius 1 is 1.35 bits per heavy atom. The molecule has 1 fully saturated rings. The Hall–Kier alpha value is -2.05. The minimum atomic E-state index is -4.42. The van der Waals surface area contributed by atoms with Gasteiger partial charge < -0.3 is 10.1 Å². The van der Waals surface area contributed by atoms with E-state index in [0.717, 1.165) is 12.1 Å². The molecule has 1 heterocycles. The topological polar surface area (TPSA) is 55.4 Å². The van der Waals surface area contributed by atoms with E-state index in [2.05, 4.69) is 5.32 Å². The molecule has 1 aromatic carbocycles. The van der Waals surface area contributed by atoms with Gasteiger partial charge in [0, 0.05) is 12.5 Å². The number of hydrogen-bond acceptors (Lipinski definition) is 3. The molecular weight excluding hydrogens is 311 g/mol. The third-order valence-corrected chi connectivity index (χ3v) is 3.82. The molecule has 126 valence electrons. The maximum Gasteiger partial charge on any atom is 0.416 e. The van der Waals surface area contributed by atoms with Crippen molar-refractivity contribution in [2.24, 2.45) is 0 Å². The van der Waals surface area contributed by atoms with Crippen LogP contribution in [0.25, 0.3) is 0 Å². The fraction of sp³-hybridized carbons (Fsp3) is 0.500. The molecule has 1 N–H and O–H groups in total. The van der Waals surface area contributed by atoms with E-state index in [1.165, 1.54) is 12.1 Å². The number of alkyl halides is 3. The number of rotatable bonds is 5. The first kappa shape index (κ1) is 17.3. The van der Waals surface area contributed by atoms with E-state index < -0.39 is 23.6 Å². The van der Waals surface area contributed by atoms with Crippen LogP contribution in [0.2, 0.25) is 0 Å². The maximum absolute atomic E-state index is 12.6. The van der Waals surface area contributed by atoms with Gasteiger partial charge in [0.15, 0.2) is 0 Å². The molecule has 1 aliphatic rings. The molecular formula is C16H18F3NO3. The first-order valence-electron chi connectivity index (χ1n) is 7.44.